The summed E-state index contributed by atoms with van der Waals surface area (Å²) >= 11 is 0. The zero-order valence-electron chi connectivity index (χ0n) is 13.7. The van der Waals surface area contributed by atoms with Gasteiger partial charge >= 0.3 is 0 Å². The Morgan fingerprint density at radius 2 is 1.85 bits per heavy atom. The van der Waals surface area contributed by atoms with Crippen LogP contribution in [0.3, 0.4) is 0 Å². The number of carbonyl (C=O) groups is 1. The smallest absolute Gasteiger partial charge is 0.277 e. The van der Waals surface area contributed by atoms with Gasteiger partial charge in [0.25, 0.3) is 5.91 Å². The van der Waals surface area contributed by atoms with Crippen LogP contribution in [-0.4, -0.2) is 24.2 Å². The fourth-order valence-electron chi connectivity index (χ4n) is 2.99. The summed E-state index contributed by atoms with van der Waals surface area (Å²) in [5, 5.41) is 6.08. The van der Waals surface area contributed by atoms with Crippen molar-refractivity contribution in [1.29, 1.82) is 0 Å². The van der Waals surface area contributed by atoms with Crippen molar-refractivity contribution in [3.8, 4) is 11.5 Å². The molecule has 1 fully saturated rings. The second-order valence-electron chi connectivity index (χ2n) is 5.99. The summed E-state index contributed by atoms with van der Waals surface area (Å²) in [6.07, 6.45) is 3.27. The quantitative estimate of drug-likeness (QED) is 0.760. The average Bonchev–Trinajstić information content (AvgIpc) is 3.35. The molecule has 134 valence electrons. The maximum absolute atomic E-state index is 14.3. The molecular formula is C18H15F2N3O3. The van der Waals surface area contributed by atoms with Crippen LogP contribution in [0.2, 0.25) is 0 Å². The molecule has 3 heterocycles. The van der Waals surface area contributed by atoms with E-state index in [4.69, 9.17) is 8.94 Å². The second-order valence-corrected chi connectivity index (χ2v) is 5.99. The van der Waals surface area contributed by atoms with E-state index in [9.17, 15) is 13.6 Å². The van der Waals surface area contributed by atoms with Gasteiger partial charge in [-0.1, -0.05) is 5.16 Å². The third kappa shape index (κ3) is 3.05. The van der Waals surface area contributed by atoms with Crippen LogP contribution in [0, 0.1) is 11.6 Å². The number of nitrogens with zero attached hydrogens (tertiary/aromatic N) is 2. The molecule has 0 spiro atoms. The van der Waals surface area contributed by atoms with Gasteiger partial charge in [-0.05, 0) is 37.1 Å². The van der Waals surface area contributed by atoms with Gasteiger partial charge in [-0.15, -0.1) is 0 Å². The minimum atomic E-state index is -0.710. The molecule has 0 bridgehead atoms. The molecule has 1 aliphatic heterocycles. The summed E-state index contributed by atoms with van der Waals surface area (Å²) in [4.78, 5) is 13.9. The van der Waals surface area contributed by atoms with Crippen LogP contribution in [0.4, 0.5) is 20.2 Å². The van der Waals surface area contributed by atoms with Gasteiger partial charge < -0.3 is 19.2 Å². The van der Waals surface area contributed by atoms with E-state index in [1.54, 1.807) is 17.0 Å². The summed E-state index contributed by atoms with van der Waals surface area (Å²) < 4.78 is 38.8. The van der Waals surface area contributed by atoms with E-state index in [-0.39, 0.29) is 22.8 Å². The van der Waals surface area contributed by atoms with Gasteiger partial charge in [0.1, 0.15) is 5.69 Å². The molecule has 1 N–H and O–H groups in total. The van der Waals surface area contributed by atoms with Crippen LogP contribution in [0.15, 0.2) is 45.5 Å². The van der Waals surface area contributed by atoms with Crippen LogP contribution < -0.4 is 10.2 Å². The Kier molecular flexibility index (Phi) is 4.16. The van der Waals surface area contributed by atoms with Crippen LogP contribution >= 0.6 is 0 Å². The Balaban J connectivity index is 1.53. The van der Waals surface area contributed by atoms with Gasteiger partial charge in [0.05, 0.1) is 6.26 Å². The molecule has 1 aromatic carbocycles. The number of hydrogen-bond acceptors (Lipinski definition) is 5. The van der Waals surface area contributed by atoms with Gasteiger partial charge in [0.15, 0.2) is 23.1 Å². The molecule has 1 saturated heterocycles. The molecule has 1 amide bonds. The van der Waals surface area contributed by atoms with Crippen molar-refractivity contribution in [1.82, 2.24) is 5.16 Å². The molecule has 0 aliphatic carbocycles. The normalized spacial score (nSPS) is 14.0. The maximum Gasteiger partial charge on any atom is 0.277 e. The first-order chi connectivity index (χ1) is 12.6. The number of nitrogens with one attached hydrogen (secondary N) is 1. The third-order valence-electron chi connectivity index (χ3n) is 4.20. The van der Waals surface area contributed by atoms with Crippen molar-refractivity contribution in [2.45, 2.75) is 12.8 Å². The Hall–Kier alpha value is -3.16. The van der Waals surface area contributed by atoms with Crippen LogP contribution in [-0.2, 0) is 0 Å². The lowest BCUT2D eigenvalue weighted by atomic mass is 10.2. The summed E-state index contributed by atoms with van der Waals surface area (Å²) in [5.74, 6) is -1.36. The fraction of sp³-hybridized carbons (Fsp3) is 0.222. The molecule has 8 heteroatoms. The molecule has 6 nitrogen and oxygen atoms in total. The van der Waals surface area contributed by atoms with Crippen molar-refractivity contribution < 1.29 is 22.5 Å². The minimum absolute atomic E-state index is 0.00972. The van der Waals surface area contributed by atoms with Gasteiger partial charge in [-0.3, -0.25) is 4.79 Å². The number of amides is 1. The molecular weight excluding hydrogens is 344 g/mol. The number of furan rings is 1. The van der Waals surface area contributed by atoms with Crippen molar-refractivity contribution in [2.75, 3.05) is 23.3 Å². The number of aromatic nitrogens is 1. The summed E-state index contributed by atoms with van der Waals surface area (Å²) in [6.45, 7) is 1.24. The van der Waals surface area contributed by atoms with Gasteiger partial charge in [-0.25, -0.2) is 8.78 Å². The topological polar surface area (TPSA) is 71.5 Å². The Morgan fingerprint density at radius 1 is 1.12 bits per heavy atom. The molecule has 0 unspecified atom stereocenters. The van der Waals surface area contributed by atoms with E-state index >= 15 is 0 Å². The van der Waals surface area contributed by atoms with Crippen molar-refractivity contribution >= 4 is 17.3 Å². The van der Waals surface area contributed by atoms with E-state index in [1.807, 2.05) is 0 Å². The number of carbonyl (C=O) groups excluding carboxylic acids is 1. The van der Waals surface area contributed by atoms with Crippen LogP contribution in [0.25, 0.3) is 11.5 Å². The van der Waals surface area contributed by atoms with Gasteiger partial charge in [0, 0.05) is 24.8 Å². The average molecular weight is 359 g/mol. The minimum Gasteiger partial charge on any atom is -0.461 e. The van der Waals surface area contributed by atoms with Crippen LogP contribution in [0.1, 0.15) is 23.3 Å². The molecule has 3 aromatic rings. The zero-order valence-corrected chi connectivity index (χ0v) is 13.7. The molecule has 1 aliphatic rings. The molecule has 26 heavy (non-hydrogen) atoms. The molecule has 2 aromatic heterocycles. The number of rotatable bonds is 4. The molecule has 0 atom stereocenters. The lowest BCUT2D eigenvalue weighted by Gasteiger charge is -2.19. The molecule has 0 radical (unpaired) electrons. The van der Waals surface area contributed by atoms with Crippen molar-refractivity contribution in [3.63, 3.8) is 0 Å². The molecule has 4 rings (SSSR count). The number of hydrogen-bond donors (Lipinski definition) is 1. The third-order valence-corrected chi connectivity index (χ3v) is 4.20. The van der Waals surface area contributed by atoms with E-state index < -0.39 is 17.5 Å². The maximum atomic E-state index is 14.3. The first-order valence-corrected chi connectivity index (χ1v) is 8.18. The molecule has 0 saturated carbocycles. The first-order valence-electron chi connectivity index (χ1n) is 8.18. The monoisotopic (exact) mass is 359 g/mol. The van der Waals surface area contributed by atoms with E-state index in [0.29, 0.717) is 18.8 Å². The Labute approximate surface area is 147 Å². The summed E-state index contributed by atoms with van der Waals surface area (Å²) in [6, 6.07) is 6.92. The largest absolute Gasteiger partial charge is 0.461 e. The van der Waals surface area contributed by atoms with E-state index in [0.717, 1.165) is 25.0 Å². The standard InChI is InChI=1S/C18H15F2N3O3/c19-12-8-11(9-13(20)17(12)23-5-1-2-6-23)21-18(24)14-10-16(26-22-14)15-4-3-7-25-15/h3-4,7-10H,1-2,5-6H2,(H,21,24). The Bertz CT molecular complexity index is 908. The number of halogens is 2. The summed E-state index contributed by atoms with van der Waals surface area (Å²) in [5.41, 5.74) is -0.0710. The highest BCUT2D eigenvalue weighted by atomic mass is 19.1. The van der Waals surface area contributed by atoms with E-state index in [2.05, 4.69) is 10.5 Å². The highest BCUT2D eigenvalue weighted by Crippen LogP contribution is 2.30. The highest BCUT2D eigenvalue weighted by molar-refractivity contribution is 6.03. The second kappa shape index (κ2) is 6.62. The predicted molar refractivity (Wildman–Crippen MR) is 90.0 cm³/mol. The predicted octanol–water partition coefficient (Wildman–Crippen LogP) is 4.07. The van der Waals surface area contributed by atoms with Gasteiger partial charge in [0.2, 0.25) is 5.76 Å². The Morgan fingerprint density at radius 3 is 2.50 bits per heavy atom. The SMILES string of the molecule is O=C(Nc1cc(F)c(N2CCCC2)c(F)c1)c1cc(-c2ccco2)on1. The van der Waals surface area contributed by atoms with Crippen molar-refractivity contribution in [3.05, 3.63) is 53.9 Å². The highest BCUT2D eigenvalue weighted by Gasteiger charge is 2.22. The lowest BCUT2D eigenvalue weighted by Crippen LogP contribution is -2.21. The van der Waals surface area contributed by atoms with Crippen LogP contribution in [0.5, 0.6) is 0 Å². The zero-order chi connectivity index (χ0) is 18.1. The fourth-order valence-corrected chi connectivity index (χ4v) is 2.99. The van der Waals surface area contributed by atoms with Crippen molar-refractivity contribution in [2.24, 2.45) is 0 Å². The lowest BCUT2D eigenvalue weighted by molar-refractivity contribution is 0.101. The number of anilines is 2. The van der Waals surface area contributed by atoms with E-state index in [1.165, 1.54) is 12.3 Å². The van der Waals surface area contributed by atoms with Gasteiger partial charge in [-0.2, -0.15) is 0 Å². The summed E-state index contributed by atoms with van der Waals surface area (Å²) in [7, 11) is 0. The first kappa shape index (κ1) is 16.3. The number of benzene rings is 1.